The van der Waals surface area contributed by atoms with Gasteiger partial charge in [0.1, 0.15) is 5.82 Å². The molecular weight excluding hydrogens is 375 g/mol. The molecule has 0 spiro atoms. The van der Waals surface area contributed by atoms with Crippen LogP contribution in [0.25, 0.3) is 0 Å². The second kappa shape index (κ2) is 6.51. The van der Waals surface area contributed by atoms with Crippen molar-refractivity contribution < 1.29 is 12.8 Å². The van der Waals surface area contributed by atoms with E-state index in [2.05, 4.69) is 19.2 Å². The van der Waals surface area contributed by atoms with Gasteiger partial charge in [-0.25, -0.2) is 17.9 Å². The van der Waals surface area contributed by atoms with Gasteiger partial charge in [-0.3, -0.25) is 0 Å². The van der Waals surface area contributed by atoms with Gasteiger partial charge in [-0.15, -0.1) is 0 Å². The topological polar surface area (TPSA) is 72.2 Å². The van der Waals surface area contributed by atoms with Crippen LogP contribution in [0.2, 0.25) is 5.02 Å². The van der Waals surface area contributed by atoms with Crippen molar-refractivity contribution in [3.63, 3.8) is 0 Å². The van der Waals surface area contributed by atoms with Gasteiger partial charge >= 0.3 is 0 Å². The van der Waals surface area contributed by atoms with Gasteiger partial charge in [-0.2, -0.15) is 0 Å². The highest BCUT2D eigenvalue weighted by atomic mass is 35.5. The summed E-state index contributed by atoms with van der Waals surface area (Å²) in [5.41, 5.74) is 2.68. The average molecular weight is 397 g/mol. The van der Waals surface area contributed by atoms with Crippen molar-refractivity contribution in [3.05, 3.63) is 58.4 Å². The third-order valence-corrected chi connectivity index (χ3v) is 6.86. The Kier molecular flexibility index (Phi) is 4.80. The molecule has 7 heteroatoms. The van der Waals surface area contributed by atoms with Crippen molar-refractivity contribution in [2.75, 3.05) is 11.9 Å². The largest absolute Gasteiger partial charge is 0.384 e. The summed E-state index contributed by atoms with van der Waals surface area (Å²) in [7, 11) is -3.68. The van der Waals surface area contributed by atoms with Crippen LogP contribution in [-0.4, -0.2) is 15.0 Å². The molecule has 26 heavy (non-hydrogen) atoms. The van der Waals surface area contributed by atoms with Gasteiger partial charge in [0.05, 0.1) is 9.92 Å². The minimum atomic E-state index is -3.68. The van der Waals surface area contributed by atoms with Gasteiger partial charge in [0.25, 0.3) is 0 Å². The molecule has 0 bridgehead atoms. The van der Waals surface area contributed by atoms with Gasteiger partial charge in [-0.05, 0) is 59.6 Å². The maximum absolute atomic E-state index is 13.5. The quantitative estimate of drug-likeness (QED) is 0.791. The van der Waals surface area contributed by atoms with E-state index in [0.29, 0.717) is 17.4 Å². The highest BCUT2D eigenvalue weighted by Crippen LogP contribution is 2.64. The first-order valence-corrected chi connectivity index (χ1v) is 10.3. The van der Waals surface area contributed by atoms with E-state index in [4.69, 9.17) is 16.7 Å². The van der Waals surface area contributed by atoms with Crippen LogP contribution < -0.4 is 10.5 Å². The number of rotatable bonds is 5. The summed E-state index contributed by atoms with van der Waals surface area (Å²) in [6.45, 7) is 6.87. The Bertz CT molecular complexity index is 943. The molecule has 2 atom stereocenters. The van der Waals surface area contributed by atoms with Gasteiger partial charge in [0.15, 0.2) is 0 Å². The zero-order valence-corrected chi connectivity index (χ0v) is 16.5. The first-order valence-electron chi connectivity index (χ1n) is 8.34. The standard InChI is InChI=1S/C19H22ClFN2O2S/c1-11-16(9-8-15(21)18(11)20)23-10-14-17(19(14,2)3)12-4-6-13(7-5-12)26(22,24)25/h4-9,14,17,23H,10H2,1-3H3,(H2,22,24,25). The third-order valence-electron chi connectivity index (χ3n) is 5.47. The second-order valence-corrected chi connectivity index (χ2v) is 9.37. The van der Waals surface area contributed by atoms with Crippen molar-refractivity contribution in [1.29, 1.82) is 0 Å². The first-order chi connectivity index (χ1) is 12.0. The molecule has 1 fully saturated rings. The van der Waals surface area contributed by atoms with Crippen LogP contribution in [-0.2, 0) is 10.0 Å². The van der Waals surface area contributed by atoms with E-state index in [9.17, 15) is 12.8 Å². The molecule has 2 aromatic rings. The minimum Gasteiger partial charge on any atom is -0.384 e. The molecule has 2 aromatic carbocycles. The lowest BCUT2D eigenvalue weighted by Crippen LogP contribution is -2.11. The highest BCUT2D eigenvalue weighted by molar-refractivity contribution is 7.89. The second-order valence-electron chi connectivity index (χ2n) is 7.43. The number of benzene rings is 2. The third kappa shape index (κ3) is 3.46. The summed E-state index contributed by atoms with van der Waals surface area (Å²) in [5.74, 6) is 0.251. The van der Waals surface area contributed by atoms with Gasteiger partial charge in [-0.1, -0.05) is 37.6 Å². The Balaban J connectivity index is 1.73. The lowest BCUT2D eigenvalue weighted by molar-refractivity contribution is 0.565. The lowest BCUT2D eigenvalue weighted by Gasteiger charge is -2.12. The Hall–Kier alpha value is -1.63. The van der Waals surface area contributed by atoms with E-state index >= 15 is 0 Å². The van der Waals surface area contributed by atoms with Crippen LogP contribution in [0.15, 0.2) is 41.3 Å². The summed E-state index contributed by atoms with van der Waals surface area (Å²) in [6.07, 6.45) is 0. The number of primary sulfonamides is 1. The van der Waals surface area contributed by atoms with Crippen molar-refractivity contribution >= 4 is 27.3 Å². The minimum absolute atomic E-state index is 0.0772. The molecule has 2 unspecified atom stereocenters. The van der Waals surface area contributed by atoms with Crippen LogP contribution in [0.3, 0.4) is 0 Å². The SMILES string of the molecule is Cc1c(NCC2C(c3ccc(S(N)(=O)=O)cc3)C2(C)C)ccc(F)c1Cl. The molecule has 0 aromatic heterocycles. The molecule has 3 rings (SSSR count). The molecule has 3 N–H and O–H groups in total. The Morgan fingerprint density at radius 3 is 2.38 bits per heavy atom. The van der Waals surface area contributed by atoms with E-state index in [1.54, 1.807) is 25.1 Å². The molecular formula is C19H22ClFN2O2S. The maximum atomic E-state index is 13.5. The normalized spacial score (nSPS) is 21.5. The van der Waals surface area contributed by atoms with E-state index in [1.807, 2.05) is 12.1 Å². The summed E-state index contributed by atoms with van der Waals surface area (Å²) < 4.78 is 36.3. The molecule has 4 nitrogen and oxygen atoms in total. The fraction of sp³-hybridized carbons (Fsp3) is 0.368. The van der Waals surface area contributed by atoms with Crippen molar-refractivity contribution in [3.8, 4) is 0 Å². The summed E-state index contributed by atoms with van der Waals surface area (Å²) in [4.78, 5) is 0.117. The smallest absolute Gasteiger partial charge is 0.238 e. The Morgan fingerprint density at radius 1 is 1.19 bits per heavy atom. The van der Waals surface area contributed by atoms with Crippen LogP contribution in [0.4, 0.5) is 10.1 Å². The number of anilines is 1. The molecule has 0 aliphatic heterocycles. The van der Waals surface area contributed by atoms with E-state index in [0.717, 1.165) is 17.8 Å². The van der Waals surface area contributed by atoms with Crippen LogP contribution >= 0.6 is 11.6 Å². The van der Waals surface area contributed by atoms with Gasteiger partial charge < -0.3 is 5.32 Å². The number of hydrogen-bond donors (Lipinski definition) is 2. The zero-order valence-electron chi connectivity index (χ0n) is 14.9. The number of halogens is 2. The fourth-order valence-corrected chi connectivity index (χ4v) is 4.40. The molecule has 140 valence electrons. The lowest BCUT2D eigenvalue weighted by atomic mass is 10.0. The highest BCUT2D eigenvalue weighted by Gasteiger charge is 2.57. The number of nitrogens with two attached hydrogens (primary N) is 1. The van der Waals surface area contributed by atoms with Crippen LogP contribution in [0.1, 0.15) is 30.9 Å². The van der Waals surface area contributed by atoms with E-state index < -0.39 is 15.8 Å². The molecule has 1 aliphatic carbocycles. The number of sulfonamides is 1. The van der Waals surface area contributed by atoms with Crippen LogP contribution in [0, 0.1) is 24.1 Å². The van der Waals surface area contributed by atoms with E-state index in [1.165, 1.54) is 6.07 Å². The monoisotopic (exact) mass is 396 g/mol. The summed E-state index contributed by atoms with van der Waals surface area (Å²) >= 11 is 5.97. The molecule has 0 amide bonds. The Labute approximate surface area is 158 Å². The van der Waals surface area contributed by atoms with Gasteiger partial charge in [0.2, 0.25) is 10.0 Å². The molecule has 1 saturated carbocycles. The number of hydrogen-bond acceptors (Lipinski definition) is 3. The van der Waals surface area contributed by atoms with Crippen molar-refractivity contribution in [2.45, 2.75) is 31.6 Å². The first kappa shape index (κ1) is 19.1. The molecule has 1 aliphatic rings. The zero-order chi connectivity index (χ0) is 19.3. The van der Waals surface area contributed by atoms with Crippen LogP contribution in [0.5, 0.6) is 0 Å². The van der Waals surface area contributed by atoms with Crippen molar-refractivity contribution in [2.24, 2.45) is 16.5 Å². The molecule has 0 heterocycles. The predicted octanol–water partition coefficient (Wildman–Crippen LogP) is 4.29. The average Bonchev–Trinajstić information content (AvgIpc) is 3.12. The number of nitrogens with one attached hydrogen (secondary N) is 1. The molecule has 0 saturated heterocycles. The van der Waals surface area contributed by atoms with Crippen molar-refractivity contribution in [1.82, 2.24) is 0 Å². The Morgan fingerprint density at radius 2 is 1.81 bits per heavy atom. The fourth-order valence-electron chi connectivity index (χ4n) is 3.72. The molecule has 0 radical (unpaired) electrons. The van der Waals surface area contributed by atoms with Gasteiger partial charge in [0, 0.05) is 12.2 Å². The summed E-state index contributed by atoms with van der Waals surface area (Å²) in [5, 5.41) is 8.66. The van der Waals surface area contributed by atoms with E-state index in [-0.39, 0.29) is 15.3 Å². The maximum Gasteiger partial charge on any atom is 0.238 e. The summed E-state index contributed by atoms with van der Waals surface area (Å²) in [6, 6.07) is 9.81. The predicted molar refractivity (Wildman–Crippen MR) is 102 cm³/mol.